The standard InChI is InChI=1S/C20H24N4OS/c1-23-11-4-8-19(23)17-14-18(22-21-17)20(25)24-12-3-2-6-15(24)9-10-16-7-5-13-26-16/h4-5,7-8,11,13-15H,2-3,6,9-10,12H2,1H3,(H,21,22). The van der Waals surface area contributed by atoms with Gasteiger partial charge in [-0.1, -0.05) is 6.07 Å². The first-order valence-electron chi connectivity index (χ1n) is 9.23. The maximum atomic E-state index is 13.1. The average molecular weight is 369 g/mol. The van der Waals surface area contributed by atoms with E-state index in [4.69, 9.17) is 0 Å². The Kier molecular flexibility index (Phi) is 4.93. The lowest BCUT2D eigenvalue weighted by Crippen LogP contribution is -2.44. The Morgan fingerprint density at radius 2 is 2.27 bits per heavy atom. The van der Waals surface area contributed by atoms with E-state index in [1.807, 2.05) is 36.0 Å². The molecule has 1 N–H and O–H groups in total. The number of hydrogen-bond donors (Lipinski definition) is 1. The highest BCUT2D eigenvalue weighted by Gasteiger charge is 2.28. The van der Waals surface area contributed by atoms with E-state index in [-0.39, 0.29) is 5.91 Å². The number of H-pyrrole nitrogens is 1. The molecule has 3 aromatic heterocycles. The Hall–Kier alpha value is -2.34. The molecule has 1 amide bonds. The van der Waals surface area contributed by atoms with E-state index >= 15 is 0 Å². The molecule has 0 radical (unpaired) electrons. The van der Waals surface area contributed by atoms with E-state index in [1.54, 1.807) is 11.3 Å². The number of carbonyl (C=O) groups is 1. The monoisotopic (exact) mass is 368 g/mol. The fourth-order valence-corrected chi connectivity index (χ4v) is 4.50. The van der Waals surface area contributed by atoms with Crippen LogP contribution < -0.4 is 0 Å². The Labute approximate surface area is 157 Å². The van der Waals surface area contributed by atoms with Gasteiger partial charge in [-0.25, -0.2) is 0 Å². The molecule has 5 nitrogen and oxygen atoms in total. The number of rotatable bonds is 5. The number of piperidine rings is 1. The molecule has 1 saturated heterocycles. The van der Waals surface area contributed by atoms with Crippen LogP contribution in [0.2, 0.25) is 0 Å². The molecule has 136 valence electrons. The van der Waals surface area contributed by atoms with Crippen molar-refractivity contribution in [2.75, 3.05) is 6.54 Å². The van der Waals surface area contributed by atoms with Crippen LogP contribution >= 0.6 is 11.3 Å². The third kappa shape index (κ3) is 3.46. The highest BCUT2D eigenvalue weighted by atomic mass is 32.1. The smallest absolute Gasteiger partial charge is 0.272 e. The number of amides is 1. The third-order valence-corrected chi connectivity index (χ3v) is 6.14. The Balaban J connectivity index is 1.48. The summed E-state index contributed by atoms with van der Waals surface area (Å²) in [5, 5.41) is 9.43. The van der Waals surface area contributed by atoms with Crippen LogP contribution in [-0.4, -0.2) is 38.2 Å². The molecule has 1 fully saturated rings. The molecule has 1 unspecified atom stereocenters. The maximum Gasteiger partial charge on any atom is 0.272 e. The molecule has 1 atom stereocenters. The minimum Gasteiger partial charge on any atom is -0.349 e. The average Bonchev–Trinajstić information content (AvgIpc) is 3.41. The lowest BCUT2D eigenvalue weighted by molar-refractivity contribution is 0.0596. The minimum atomic E-state index is 0.0776. The predicted octanol–water partition coefficient (Wildman–Crippen LogP) is 4.10. The topological polar surface area (TPSA) is 53.9 Å². The fraction of sp³-hybridized carbons (Fsp3) is 0.400. The molecular weight excluding hydrogens is 344 g/mol. The third-order valence-electron chi connectivity index (χ3n) is 5.21. The number of nitrogens with zero attached hydrogens (tertiary/aromatic N) is 3. The van der Waals surface area contributed by atoms with Crippen molar-refractivity contribution in [3.63, 3.8) is 0 Å². The summed E-state index contributed by atoms with van der Waals surface area (Å²) in [6.07, 6.45) is 7.44. The van der Waals surface area contributed by atoms with E-state index in [2.05, 4.69) is 32.6 Å². The van der Waals surface area contributed by atoms with Gasteiger partial charge in [0.1, 0.15) is 11.4 Å². The molecule has 4 heterocycles. The summed E-state index contributed by atoms with van der Waals surface area (Å²) in [6.45, 7) is 0.840. The number of aromatic nitrogens is 3. The molecule has 3 aromatic rings. The second-order valence-corrected chi connectivity index (χ2v) is 7.97. The van der Waals surface area contributed by atoms with Crippen molar-refractivity contribution in [3.8, 4) is 11.4 Å². The molecular formula is C20H24N4OS. The number of aromatic amines is 1. The quantitative estimate of drug-likeness (QED) is 0.737. The summed E-state index contributed by atoms with van der Waals surface area (Å²) in [5.41, 5.74) is 2.41. The maximum absolute atomic E-state index is 13.1. The number of hydrogen-bond acceptors (Lipinski definition) is 3. The molecule has 4 rings (SSSR count). The van der Waals surface area contributed by atoms with Gasteiger partial charge in [0.25, 0.3) is 5.91 Å². The predicted molar refractivity (Wildman–Crippen MR) is 104 cm³/mol. The molecule has 0 aromatic carbocycles. The van der Waals surface area contributed by atoms with Crippen LogP contribution in [0, 0.1) is 0 Å². The zero-order valence-electron chi connectivity index (χ0n) is 15.0. The minimum absolute atomic E-state index is 0.0776. The first kappa shape index (κ1) is 17.1. The number of nitrogens with one attached hydrogen (secondary N) is 1. The fourth-order valence-electron chi connectivity index (χ4n) is 3.78. The van der Waals surface area contributed by atoms with Gasteiger partial charge in [-0.15, -0.1) is 11.3 Å². The van der Waals surface area contributed by atoms with Gasteiger partial charge in [-0.3, -0.25) is 9.89 Å². The first-order chi connectivity index (χ1) is 12.7. The summed E-state index contributed by atoms with van der Waals surface area (Å²) in [7, 11) is 1.98. The second-order valence-electron chi connectivity index (χ2n) is 6.94. The molecule has 1 aliphatic rings. The van der Waals surface area contributed by atoms with Gasteiger partial charge < -0.3 is 9.47 Å². The summed E-state index contributed by atoms with van der Waals surface area (Å²) >= 11 is 1.80. The van der Waals surface area contributed by atoms with E-state index < -0.39 is 0 Å². The van der Waals surface area contributed by atoms with Crippen molar-refractivity contribution in [2.24, 2.45) is 7.05 Å². The summed E-state index contributed by atoms with van der Waals surface area (Å²) in [5.74, 6) is 0.0776. The summed E-state index contributed by atoms with van der Waals surface area (Å²) < 4.78 is 2.01. The van der Waals surface area contributed by atoms with Gasteiger partial charge in [0.15, 0.2) is 0 Å². The summed E-state index contributed by atoms with van der Waals surface area (Å²) in [6, 6.07) is 10.5. The van der Waals surface area contributed by atoms with Gasteiger partial charge >= 0.3 is 0 Å². The van der Waals surface area contributed by atoms with Crippen molar-refractivity contribution in [2.45, 2.75) is 38.1 Å². The highest BCUT2D eigenvalue weighted by molar-refractivity contribution is 7.09. The van der Waals surface area contributed by atoms with Crippen LogP contribution in [0.4, 0.5) is 0 Å². The van der Waals surface area contributed by atoms with Crippen LogP contribution in [0.15, 0.2) is 41.9 Å². The van der Waals surface area contributed by atoms with E-state index in [9.17, 15) is 4.79 Å². The van der Waals surface area contributed by atoms with E-state index in [0.29, 0.717) is 11.7 Å². The van der Waals surface area contributed by atoms with Gasteiger partial charge in [0, 0.05) is 30.7 Å². The Bertz CT molecular complexity index is 864. The zero-order valence-corrected chi connectivity index (χ0v) is 15.8. The SMILES string of the molecule is Cn1cccc1-c1cc(C(=O)N2CCCCC2CCc2cccs2)[nH]n1. The van der Waals surface area contributed by atoms with Gasteiger partial charge in [0.2, 0.25) is 0 Å². The summed E-state index contributed by atoms with van der Waals surface area (Å²) in [4.78, 5) is 16.5. The van der Waals surface area contributed by atoms with Crippen LogP contribution in [0.5, 0.6) is 0 Å². The number of aryl methyl sites for hydroxylation is 2. The van der Waals surface area contributed by atoms with Crippen molar-refractivity contribution >= 4 is 17.2 Å². The van der Waals surface area contributed by atoms with Crippen LogP contribution in [0.25, 0.3) is 11.4 Å². The first-order valence-corrected chi connectivity index (χ1v) is 10.1. The van der Waals surface area contributed by atoms with Crippen molar-refractivity contribution in [1.29, 1.82) is 0 Å². The zero-order chi connectivity index (χ0) is 17.9. The second kappa shape index (κ2) is 7.50. The number of likely N-dealkylation sites (tertiary alicyclic amines) is 1. The van der Waals surface area contributed by atoms with Gasteiger partial charge in [-0.05, 0) is 61.7 Å². The van der Waals surface area contributed by atoms with Gasteiger partial charge in [0.05, 0.1) is 5.69 Å². The molecule has 1 aliphatic heterocycles. The highest BCUT2D eigenvalue weighted by Crippen LogP contribution is 2.25. The van der Waals surface area contributed by atoms with Crippen molar-refractivity contribution < 1.29 is 4.79 Å². The lowest BCUT2D eigenvalue weighted by Gasteiger charge is -2.35. The lowest BCUT2D eigenvalue weighted by atomic mass is 9.97. The largest absolute Gasteiger partial charge is 0.349 e. The van der Waals surface area contributed by atoms with Crippen molar-refractivity contribution in [3.05, 3.63) is 52.5 Å². The molecule has 0 aliphatic carbocycles. The van der Waals surface area contributed by atoms with E-state index in [1.165, 1.54) is 11.3 Å². The molecule has 0 spiro atoms. The molecule has 0 bridgehead atoms. The number of thiophene rings is 1. The molecule has 26 heavy (non-hydrogen) atoms. The Morgan fingerprint density at radius 1 is 1.35 bits per heavy atom. The van der Waals surface area contributed by atoms with Crippen LogP contribution in [0.3, 0.4) is 0 Å². The van der Waals surface area contributed by atoms with Crippen LogP contribution in [-0.2, 0) is 13.5 Å². The number of carbonyl (C=O) groups excluding carboxylic acids is 1. The Morgan fingerprint density at radius 3 is 3.04 bits per heavy atom. The van der Waals surface area contributed by atoms with Crippen molar-refractivity contribution in [1.82, 2.24) is 19.7 Å². The van der Waals surface area contributed by atoms with Gasteiger partial charge in [-0.2, -0.15) is 5.10 Å². The normalized spacial score (nSPS) is 17.6. The molecule has 6 heteroatoms. The molecule has 0 saturated carbocycles. The van der Waals surface area contributed by atoms with Crippen LogP contribution in [0.1, 0.15) is 41.0 Å². The van der Waals surface area contributed by atoms with E-state index in [0.717, 1.165) is 43.6 Å².